The van der Waals surface area contributed by atoms with Crippen LogP contribution in [0.3, 0.4) is 0 Å². The summed E-state index contributed by atoms with van der Waals surface area (Å²) in [6.07, 6.45) is 1.04. The van der Waals surface area contributed by atoms with Crippen LogP contribution in [0.25, 0.3) is 0 Å². The van der Waals surface area contributed by atoms with Crippen molar-refractivity contribution in [2.24, 2.45) is 0 Å². The van der Waals surface area contributed by atoms with Gasteiger partial charge in [0.05, 0.1) is 12.7 Å². The van der Waals surface area contributed by atoms with Crippen molar-refractivity contribution in [3.63, 3.8) is 0 Å². The van der Waals surface area contributed by atoms with Gasteiger partial charge in [-0.3, -0.25) is 4.79 Å². The summed E-state index contributed by atoms with van der Waals surface area (Å²) in [7, 11) is 0. The summed E-state index contributed by atoms with van der Waals surface area (Å²) in [5, 5.41) is 16.5. The average molecular weight is 266 g/mol. The summed E-state index contributed by atoms with van der Waals surface area (Å²) in [6, 6.07) is 0. The molecular formula is C13H30O5. The van der Waals surface area contributed by atoms with Crippen LogP contribution in [-0.4, -0.2) is 48.7 Å². The highest BCUT2D eigenvalue weighted by Gasteiger charge is 1.88. The first-order valence-electron chi connectivity index (χ1n) is 6.46. The van der Waals surface area contributed by atoms with Crippen molar-refractivity contribution in [2.45, 2.75) is 53.6 Å². The lowest BCUT2D eigenvalue weighted by atomic mass is 10.3. The number of aliphatic hydroxyl groups is 2. The molecule has 5 heteroatoms. The minimum Gasteiger partial charge on any atom is -0.466 e. The number of aliphatic hydroxyl groups excluding tert-OH is 2. The van der Waals surface area contributed by atoms with Crippen LogP contribution in [0.4, 0.5) is 0 Å². The second kappa shape index (κ2) is 21.6. The van der Waals surface area contributed by atoms with Gasteiger partial charge in [-0.25, -0.2) is 0 Å². The van der Waals surface area contributed by atoms with Crippen molar-refractivity contribution >= 4 is 5.97 Å². The van der Waals surface area contributed by atoms with E-state index in [0.29, 0.717) is 13.0 Å². The highest BCUT2D eigenvalue weighted by atomic mass is 16.5. The zero-order valence-corrected chi connectivity index (χ0v) is 12.4. The second-order valence-corrected chi connectivity index (χ2v) is 3.48. The van der Waals surface area contributed by atoms with E-state index < -0.39 is 0 Å². The summed E-state index contributed by atoms with van der Waals surface area (Å²) in [4.78, 5) is 9.98. The Kier molecular flexibility index (Phi) is 27.0. The fraction of sp³-hybridized carbons (Fsp3) is 0.923. The first kappa shape index (κ1) is 22.5. The zero-order chi connectivity index (χ0) is 14.8. The molecule has 0 bridgehead atoms. The summed E-state index contributed by atoms with van der Waals surface area (Å²) in [5.41, 5.74) is 0. The lowest BCUT2D eigenvalue weighted by Crippen LogP contribution is -2.00. The minimum atomic E-state index is -0.352. The van der Waals surface area contributed by atoms with E-state index in [9.17, 15) is 4.79 Å². The molecule has 0 rings (SSSR count). The molecule has 0 spiro atoms. The molecule has 0 aliphatic carbocycles. The van der Waals surface area contributed by atoms with Crippen molar-refractivity contribution in [2.75, 3.05) is 26.4 Å². The fourth-order valence-electron chi connectivity index (χ4n) is 0.637. The topological polar surface area (TPSA) is 76.0 Å². The van der Waals surface area contributed by atoms with Gasteiger partial charge in [-0.2, -0.15) is 0 Å². The van der Waals surface area contributed by atoms with Crippen LogP contribution in [0, 0.1) is 0 Å². The maximum absolute atomic E-state index is 9.98. The lowest BCUT2D eigenvalue weighted by molar-refractivity contribution is -0.140. The fourth-order valence-corrected chi connectivity index (χ4v) is 0.637. The Morgan fingerprint density at radius 2 is 1.72 bits per heavy atom. The Labute approximate surface area is 111 Å². The van der Waals surface area contributed by atoms with Crippen LogP contribution in [-0.2, 0) is 14.3 Å². The van der Waals surface area contributed by atoms with E-state index in [0.717, 1.165) is 19.6 Å². The summed E-state index contributed by atoms with van der Waals surface area (Å²) >= 11 is 0. The smallest absolute Gasteiger partial charge is 0.302 e. The van der Waals surface area contributed by atoms with Gasteiger partial charge in [0.1, 0.15) is 0 Å². The third-order valence-corrected chi connectivity index (χ3v) is 1.46. The van der Waals surface area contributed by atoms with E-state index in [1.807, 2.05) is 20.8 Å². The van der Waals surface area contributed by atoms with Gasteiger partial charge in [-0.05, 0) is 33.6 Å². The van der Waals surface area contributed by atoms with E-state index in [4.69, 9.17) is 14.9 Å². The largest absolute Gasteiger partial charge is 0.466 e. The van der Waals surface area contributed by atoms with Crippen molar-refractivity contribution < 1.29 is 24.5 Å². The number of hydrogen-bond donors (Lipinski definition) is 2. The van der Waals surface area contributed by atoms with Crippen molar-refractivity contribution in [3.8, 4) is 0 Å². The van der Waals surface area contributed by atoms with E-state index in [1.165, 1.54) is 6.92 Å². The average Bonchev–Trinajstić information content (AvgIpc) is 2.29. The van der Waals surface area contributed by atoms with Gasteiger partial charge in [0.15, 0.2) is 0 Å². The molecule has 0 saturated carbocycles. The Morgan fingerprint density at radius 3 is 1.78 bits per heavy atom. The lowest BCUT2D eigenvalue weighted by Gasteiger charge is -1.95. The van der Waals surface area contributed by atoms with Crippen LogP contribution in [0.2, 0.25) is 0 Å². The monoisotopic (exact) mass is 266 g/mol. The molecule has 0 aromatic rings. The Balaban J connectivity index is -0.000000190. The quantitative estimate of drug-likeness (QED) is 0.716. The standard InChI is InChI=1S/C5H10O2.C4H10O2.C4H10O/c1-3-4-7-5(2)6;1-4(6)2-3-5;1-3-5-4-2/h3-4H2,1-2H3;4-6H,2-3H2,1H3;3-4H2,1-2H3. The second-order valence-electron chi connectivity index (χ2n) is 3.48. The molecule has 2 N–H and O–H groups in total. The Morgan fingerprint density at radius 1 is 1.22 bits per heavy atom. The number of carbonyl (C=O) groups excluding carboxylic acids is 1. The molecule has 0 heterocycles. The molecule has 0 fully saturated rings. The number of hydrogen-bond acceptors (Lipinski definition) is 5. The first-order valence-corrected chi connectivity index (χ1v) is 6.46. The molecule has 0 amide bonds. The summed E-state index contributed by atoms with van der Waals surface area (Å²) in [5.74, 6) is -0.193. The number of carbonyl (C=O) groups is 1. The molecule has 0 radical (unpaired) electrons. The third-order valence-electron chi connectivity index (χ3n) is 1.46. The van der Waals surface area contributed by atoms with Gasteiger partial charge in [-0.1, -0.05) is 6.92 Å². The molecule has 0 aromatic heterocycles. The third kappa shape index (κ3) is 45.3. The van der Waals surface area contributed by atoms with E-state index in [2.05, 4.69) is 4.74 Å². The molecule has 0 aromatic carbocycles. The van der Waals surface area contributed by atoms with Gasteiger partial charge in [0.25, 0.3) is 0 Å². The summed E-state index contributed by atoms with van der Waals surface area (Å²) < 4.78 is 9.39. The van der Waals surface area contributed by atoms with Gasteiger partial charge in [0.2, 0.25) is 0 Å². The van der Waals surface area contributed by atoms with Crippen LogP contribution in [0.1, 0.15) is 47.5 Å². The normalized spacial score (nSPS) is 10.4. The zero-order valence-electron chi connectivity index (χ0n) is 12.4. The molecule has 18 heavy (non-hydrogen) atoms. The van der Waals surface area contributed by atoms with Crippen LogP contribution in [0.15, 0.2) is 0 Å². The van der Waals surface area contributed by atoms with Gasteiger partial charge >= 0.3 is 5.97 Å². The van der Waals surface area contributed by atoms with E-state index in [-0.39, 0.29) is 18.7 Å². The summed E-state index contributed by atoms with van der Waals surface area (Å²) in [6.45, 7) is 11.3. The maximum Gasteiger partial charge on any atom is 0.302 e. The molecule has 0 saturated heterocycles. The van der Waals surface area contributed by atoms with Crippen molar-refractivity contribution in [1.82, 2.24) is 0 Å². The molecule has 112 valence electrons. The molecular weight excluding hydrogens is 236 g/mol. The van der Waals surface area contributed by atoms with Crippen LogP contribution >= 0.6 is 0 Å². The SMILES string of the molecule is CC(O)CCO.CCCOC(C)=O.CCOCC. The predicted molar refractivity (Wildman–Crippen MR) is 72.5 cm³/mol. The Hall–Kier alpha value is -0.650. The number of rotatable bonds is 6. The maximum atomic E-state index is 9.98. The number of ether oxygens (including phenoxy) is 2. The van der Waals surface area contributed by atoms with Crippen LogP contribution < -0.4 is 0 Å². The molecule has 0 aliphatic rings. The molecule has 1 atom stereocenters. The highest BCUT2D eigenvalue weighted by molar-refractivity contribution is 5.65. The Bertz CT molecular complexity index is 146. The van der Waals surface area contributed by atoms with Gasteiger partial charge in [-0.15, -0.1) is 0 Å². The highest BCUT2D eigenvalue weighted by Crippen LogP contribution is 1.83. The number of esters is 1. The first-order chi connectivity index (χ1) is 8.45. The molecule has 1 unspecified atom stereocenters. The van der Waals surface area contributed by atoms with Crippen molar-refractivity contribution in [3.05, 3.63) is 0 Å². The van der Waals surface area contributed by atoms with Gasteiger partial charge in [0, 0.05) is 26.7 Å². The molecule has 5 nitrogen and oxygen atoms in total. The molecule has 0 aliphatic heterocycles. The minimum absolute atomic E-state index is 0.0810. The van der Waals surface area contributed by atoms with Crippen LogP contribution in [0.5, 0.6) is 0 Å². The van der Waals surface area contributed by atoms with E-state index >= 15 is 0 Å². The predicted octanol–water partition coefficient (Wildman–Crippen LogP) is 1.75. The van der Waals surface area contributed by atoms with Crippen molar-refractivity contribution in [1.29, 1.82) is 0 Å². The van der Waals surface area contributed by atoms with Gasteiger partial charge < -0.3 is 19.7 Å². The van der Waals surface area contributed by atoms with E-state index in [1.54, 1.807) is 6.92 Å².